The van der Waals surface area contributed by atoms with E-state index in [2.05, 4.69) is 12.2 Å². The number of rotatable bonds is 8. The molecule has 0 unspecified atom stereocenters. The summed E-state index contributed by atoms with van der Waals surface area (Å²) in [6, 6.07) is 7.84. The first kappa shape index (κ1) is 16.5. The second kappa shape index (κ2) is 7.38. The van der Waals surface area contributed by atoms with E-state index in [4.69, 9.17) is 0 Å². The molecule has 0 spiro atoms. The quantitative estimate of drug-likeness (QED) is 0.802. The highest BCUT2D eigenvalue weighted by molar-refractivity contribution is 7.88. The Morgan fingerprint density at radius 2 is 1.81 bits per heavy atom. The Balaban J connectivity index is 1.92. The zero-order valence-corrected chi connectivity index (χ0v) is 13.8. The van der Waals surface area contributed by atoms with E-state index in [-0.39, 0.29) is 5.75 Å². The number of benzene rings is 1. The normalized spacial score (nSPS) is 16.1. The van der Waals surface area contributed by atoms with Crippen LogP contribution in [0.15, 0.2) is 24.3 Å². The van der Waals surface area contributed by atoms with Crippen molar-refractivity contribution in [2.75, 3.05) is 20.1 Å². The average molecular weight is 310 g/mol. The van der Waals surface area contributed by atoms with Gasteiger partial charge in [-0.15, -0.1) is 0 Å². The van der Waals surface area contributed by atoms with Crippen molar-refractivity contribution in [3.8, 4) is 0 Å². The highest BCUT2D eigenvalue weighted by Crippen LogP contribution is 2.27. The van der Waals surface area contributed by atoms with Crippen LogP contribution < -0.4 is 5.32 Å². The van der Waals surface area contributed by atoms with Gasteiger partial charge in [-0.05, 0) is 36.4 Å². The van der Waals surface area contributed by atoms with Gasteiger partial charge in [0.05, 0.1) is 5.75 Å². The van der Waals surface area contributed by atoms with Crippen LogP contribution in [0.25, 0.3) is 0 Å². The molecule has 0 heterocycles. The molecule has 5 heteroatoms. The fourth-order valence-corrected chi connectivity index (χ4v) is 3.77. The van der Waals surface area contributed by atoms with E-state index in [0.29, 0.717) is 12.5 Å². The molecule has 0 aliphatic heterocycles. The van der Waals surface area contributed by atoms with Gasteiger partial charge in [-0.25, -0.2) is 12.7 Å². The molecule has 0 radical (unpaired) electrons. The lowest BCUT2D eigenvalue weighted by atomic mass is 9.86. The van der Waals surface area contributed by atoms with E-state index in [1.165, 1.54) is 29.1 Å². The van der Waals surface area contributed by atoms with Gasteiger partial charge in [-0.3, -0.25) is 0 Å². The van der Waals surface area contributed by atoms with Crippen LogP contribution in [-0.2, 0) is 22.3 Å². The fourth-order valence-electron chi connectivity index (χ4n) is 2.50. The molecular formula is C16H26N2O2S. The van der Waals surface area contributed by atoms with Gasteiger partial charge in [-0.1, -0.05) is 37.6 Å². The first-order valence-corrected chi connectivity index (χ1v) is 9.34. The fraction of sp³-hybridized carbons (Fsp3) is 0.625. The van der Waals surface area contributed by atoms with E-state index >= 15 is 0 Å². The number of hydrogen-bond donors (Lipinski definition) is 1. The molecule has 0 aromatic heterocycles. The van der Waals surface area contributed by atoms with Crippen LogP contribution in [0.3, 0.4) is 0 Å². The Morgan fingerprint density at radius 3 is 2.33 bits per heavy atom. The molecule has 1 aliphatic rings. The maximum atomic E-state index is 12.3. The van der Waals surface area contributed by atoms with E-state index in [1.54, 1.807) is 7.05 Å². The van der Waals surface area contributed by atoms with Crippen LogP contribution in [0.2, 0.25) is 0 Å². The molecule has 0 saturated heterocycles. The lowest BCUT2D eigenvalue weighted by molar-refractivity contribution is 0.263. The molecule has 1 aliphatic carbocycles. The molecule has 1 fully saturated rings. The lowest BCUT2D eigenvalue weighted by Gasteiger charge is -2.29. The van der Waals surface area contributed by atoms with E-state index in [0.717, 1.165) is 18.7 Å². The molecular weight excluding hydrogens is 284 g/mol. The van der Waals surface area contributed by atoms with Gasteiger partial charge in [0.1, 0.15) is 0 Å². The average Bonchev–Trinajstić information content (AvgIpc) is 2.41. The summed E-state index contributed by atoms with van der Waals surface area (Å²) in [6.07, 6.45) is 3.57. The van der Waals surface area contributed by atoms with Crippen LogP contribution >= 0.6 is 0 Å². The Morgan fingerprint density at radius 1 is 1.19 bits per heavy atom. The van der Waals surface area contributed by atoms with Crippen molar-refractivity contribution in [2.24, 2.45) is 5.92 Å². The monoisotopic (exact) mass is 310 g/mol. The zero-order valence-electron chi connectivity index (χ0n) is 13.0. The summed E-state index contributed by atoms with van der Waals surface area (Å²) in [5.74, 6) is 0.657. The van der Waals surface area contributed by atoms with Gasteiger partial charge in [0.15, 0.2) is 0 Å². The largest absolute Gasteiger partial charge is 0.313 e. The van der Waals surface area contributed by atoms with Crippen LogP contribution in [0, 0.1) is 5.92 Å². The summed E-state index contributed by atoms with van der Waals surface area (Å²) in [7, 11) is -1.50. The molecule has 0 atom stereocenters. The Bertz CT molecular complexity index is 536. The molecule has 0 amide bonds. The third-order valence-electron chi connectivity index (χ3n) is 4.17. The summed E-state index contributed by atoms with van der Waals surface area (Å²) in [5.41, 5.74) is 2.04. The van der Waals surface area contributed by atoms with Gasteiger partial charge in [-0.2, -0.15) is 0 Å². The number of nitrogens with one attached hydrogen (secondary N) is 1. The highest BCUT2D eigenvalue weighted by atomic mass is 32.2. The molecule has 1 aromatic carbocycles. The van der Waals surface area contributed by atoms with Crippen molar-refractivity contribution in [3.05, 3.63) is 35.4 Å². The minimum Gasteiger partial charge on any atom is -0.313 e. The smallest absolute Gasteiger partial charge is 0.218 e. The minimum atomic E-state index is -3.20. The van der Waals surface area contributed by atoms with Crippen molar-refractivity contribution in [1.29, 1.82) is 0 Å². The second-order valence-corrected chi connectivity index (χ2v) is 8.01. The van der Waals surface area contributed by atoms with E-state index in [1.807, 2.05) is 24.3 Å². The van der Waals surface area contributed by atoms with Gasteiger partial charge in [0.25, 0.3) is 0 Å². The van der Waals surface area contributed by atoms with Crippen LogP contribution in [-0.4, -0.2) is 32.9 Å². The van der Waals surface area contributed by atoms with Crippen molar-refractivity contribution >= 4 is 10.0 Å². The Labute approximate surface area is 128 Å². The first-order valence-electron chi connectivity index (χ1n) is 7.74. The maximum absolute atomic E-state index is 12.3. The highest BCUT2D eigenvalue weighted by Gasteiger charge is 2.25. The predicted octanol–water partition coefficient (Wildman–Crippen LogP) is 2.36. The Kier molecular flexibility index (Phi) is 5.79. The Hall–Kier alpha value is -0.910. The molecule has 4 nitrogen and oxygen atoms in total. The predicted molar refractivity (Wildman–Crippen MR) is 86.4 cm³/mol. The van der Waals surface area contributed by atoms with Crippen LogP contribution in [0.5, 0.6) is 0 Å². The second-order valence-electron chi connectivity index (χ2n) is 5.93. The summed E-state index contributed by atoms with van der Waals surface area (Å²) in [6.45, 7) is 4.49. The zero-order chi connectivity index (χ0) is 15.3. The molecule has 0 bridgehead atoms. The van der Waals surface area contributed by atoms with E-state index in [9.17, 15) is 8.42 Å². The topological polar surface area (TPSA) is 49.4 Å². The summed E-state index contributed by atoms with van der Waals surface area (Å²) < 4.78 is 26.2. The number of hydrogen-bond acceptors (Lipinski definition) is 3. The maximum Gasteiger partial charge on any atom is 0.218 e. The van der Waals surface area contributed by atoms with Gasteiger partial charge in [0, 0.05) is 20.1 Å². The molecule has 1 saturated carbocycles. The summed E-state index contributed by atoms with van der Waals surface area (Å²) >= 11 is 0. The minimum absolute atomic E-state index is 0.0949. The van der Waals surface area contributed by atoms with Crippen molar-refractivity contribution in [3.63, 3.8) is 0 Å². The number of nitrogens with zero attached hydrogens (tertiary/aromatic N) is 1. The molecule has 2 rings (SSSR count). The van der Waals surface area contributed by atoms with Crippen LogP contribution in [0.4, 0.5) is 0 Å². The van der Waals surface area contributed by atoms with Gasteiger partial charge in [0.2, 0.25) is 10.0 Å². The summed E-state index contributed by atoms with van der Waals surface area (Å²) in [5, 5.41) is 3.26. The summed E-state index contributed by atoms with van der Waals surface area (Å²) in [4.78, 5) is 0. The third-order valence-corrected chi connectivity index (χ3v) is 5.96. The van der Waals surface area contributed by atoms with Crippen molar-refractivity contribution < 1.29 is 8.42 Å². The molecule has 1 aromatic rings. The first-order chi connectivity index (χ1) is 10.0. The van der Waals surface area contributed by atoms with Crippen molar-refractivity contribution in [2.45, 2.75) is 38.5 Å². The molecule has 21 heavy (non-hydrogen) atoms. The van der Waals surface area contributed by atoms with Crippen LogP contribution in [0.1, 0.15) is 37.3 Å². The van der Waals surface area contributed by atoms with E-state index < -0.39 is 10.0 Å². The van der Waals surface area contributed by atoms with Gasteiger partial charge >= 0.3 is 0 Å². The van der Waals surface area contributed by atoms with Gasteiger partial charge < -0.3 is 5.32 Å². The third kappa shape index (κ3) is 4.80. The molecule has 118 valence electrons. The SMILES string of the molecule is CCNCc1ccc(CS(=O)(=O)N(C)CC2CCC2)cc1. The van der Waals surface area contributed by atoms with Crippen molar-refractivity contribution in [1.82, 2.24) is 9.62 Å². The standard InChI is InChI=1S/C16H26N2O2S/c1-3-17-11-14-7-9-16(10-8-14)13-21(19,20)18(2)12-15-5-4-6-15/h7-10,15,17H,3-6,11-13H2,1-2H3. The lowest BCUT2D eigenvalue weighted by Crippen LogP contribution is -2.35. The molecule has 1 N–H and O–H groups in total. The number of sulfonamides is 1.